The quantitative estimate of drug-likeness (QED) is 0.457. The molecule has 1 saturated heterocycles. The molecule has 0 aliphatic carbocycles. The van der Waals surface area contributed by atoms with Crippen LogP contribution in [0, 0.1) is 0 Å². The number of pyridine rings is 1. The Morgan fingerprint density at radius 3 is 2.67 bits per heavy atom. The molecule has 2 unspecified atom stereocenters. The van der Waals surface area contributed by atoms with E-state index >= 15 is 0 Å². The standard InChI is InChI=1S/C23H24N4O5S/c1-22(2,3)32-21(29)25-12-10-23(14-25)18-16-9-11-26(33(31)15-7-5-4-6-8-15)19(16)24-13-17(18)27(30)20(23)28/h4-9,11,13,30H,10,12,14H2,1-3H3. The number of fused-ring (bicyclic) bond motifs is 4. The summed E-state index contributed by atoms with van der Waals surface area (Å²) in [5.41, 5.74) is -0.475. The van der Waals surface area contributed by atoms with Gasteiger partial charge in [0.05, 0.1) is 23.5 Å². The summed E-state index contributed by atoms with van der Waals surface area (Å²) in [6, 6.07) is 10.8. The molecular formula is C23H24N4O5S. The van der Waals surface area contributed by atoms with Gasteiger partial charge in [0.2, 0.25) is 0 Å². The number of hydrogen-bond acceptors (Lipinski definition) is 6. The van der Waals surface area contributed by atoms with Gasteiger partial charge in [0.25, 0.3) is 5.91 Å². The van der Waals surface area contributed by atoms with Crippen molar-refractivity contribution in [1.29, 1.82) is 0 Å². The van der Waals surface area contributed by atoms with E-state index in [1.807, 2.05) is 18.2 Å². The first-order valence-corrected chi connectivity index (χ1v) is 11.7. The van der Waals surface area contributed by atoms with Crippen LogP contribution in [0.15, 0.2) is 53.7 Å². The zero-order valence-corrected chi connectivity index (χ0v) is 19.3. The van der Waals surface area contributed by atoms with E-state index in [2.05, 4.69) is 4.98 Å². The van der Waals surface area contributed by atoms with E-state index in [4.69, 9.17) is 4.74 Å². The van der Waals surface area contributed by atoms with Crippen molar-refractivity contribution in [3.63, 3.8) is 0 Å². The van der Waals surface area contributed by atoms with Crippen molar-refractivity contribution in [1.82, 2.24) is 13.9 Å². The van der Waals surface area contributed by atoms with Crippen LogP contribution in [-0.4, -0.2) is 54.3 Å². The minimum Gasteiger partial charge on any atom is -0.587 e. The fourth-order valence-corrected chi connectivity index (χ4v) is 5.68. The summed E-state index contributed by atoms with van der Waals surface area (Å²) in [7, 11) is 0. The van der Waals surface area contributed by atoms with Gasteiger partial charge in [-0.3, -0.25) is 10.0 Å². The molecule has 172 valence electrons. The molecule has 33 heavy (non-hydrogen) atoms. The van der Waals surface area contributed by atoms with Crippen molar-refractivity contribution in [2.24, 2.45) is 0 Å². The second-order valence-electron chi connectivity index (χ2n) is 9.31. The maximum Gasteiger partial charge on any atom is 0.410 e. The Bertz CT molecular complexity index is 1250. The van der Waals surface area contributed by atoms with Crippen LogP contribution in [0.1, 0.15) is 32.8 Å². The topological polar surface area (TPSA) is 111 Å². The summed E-state index contributed by atoms with van der Waals surface area (Å²) in [5, 5.41) is 11.8. The van der Waals surface area contributed by atoms with Gasteiger partial charge in [0.1, 0.15) is 17.0 Å². The van der Waals surface area contributed by atoms with Gasteiger partial charge >= 0.3 is 6.09 Å². The molecule has 2 aliphatic rings. The van der Waals surface area contributed by atoms with Crippen molar-refractivity contribution in [3.8, 4) is 0 Å². The van der Waals surface area contributed by atoms with Crippen LogP contribution < -0.4 is 5.06 Å². The summed E-state index contributed by atoms with van der Waals surface area (Å²) in [6.45, 7) is 5.75. The first-order valence-electron chi connectivity index (χ1n) is 10.6. The van der Waals surface area contributed by atoms with E-state index in [1.165, 1.54) is 11.1 Å². The zero-order valence-electron chi connectivity index (χ0n) is 18.5. The smallest absolute Gasteiger partial charge is 0.410 e. The largest absolute Gasteiger partial charge is 0.587 e. The van der Waals surface area contributed by atoms with Crippen LogP contribution >= 0.6 is 0 Å². The maximum atomic E-state index is 13.2. The molecule has 2 amide bonds. The molecule has 3 aromatic rings. The lowest BCUT2D eigenvalue weighted by Gasteiger charge is -2.26. The molecule has 1 fully saturated rings. The third kappa shape index (κ3) is 3.36. The Kier molecular flexibility index (Phi) is 4.93. The van der Waals surface area contributed by atoms with Gasteiger partial charge in [-0.2, -0.15) is 5.06 Å². The molecule has 1 aromatic carbocycles. The Hall–Kier alpha value is -3.08. The number of carbonyl (C=O) groups is 2. The molecule has 2 aliphatic heterocycles. The van der Waals surface area contributed by atoms with Crippen LogP contribution in [0.4, 0.5) is 10.5 Å². The first kappa shape index (κ1) is 21.7. The number of nitrogens with zero attached hydrogens (tertiary/aromatic N) is 4. The Labute approximate surface area is 193 Å². The molecule has 5 rings (SSSR count). The van der Waals surface area contributed by atoms with E-state index in [-0.39, 0.29) is 12.2 Å². The lowest BCUT2D eigenvalue weighted by molar-refractivity contribution is -0.127. The molecule has 0 bridgehead atoms. The Morgan fingerprint density at radius 2 is 1.97 bits per heavy atom. The number of likely N-dealkylation sites (tertiary alicyclic amines) is 1. The van der Waals surface area contributed by atoms with Gasteiger partial charge in [-0.15, -0.1) is 3.97 Å². The van der Waals surface area contributed by atoms with Crippen LogP contribution in [0.25, 0.3) is 11.0 Å². The van der Waals surface area contributed by atoms with Crippen LogP contribution in [-0.2, 0) is 26.3 Å². The number of ether oxygens (including phenoxy) is 1. The maximum absolute atomic E-state index is 13.2. The number of anilines is 1. The van der Waals surface area contributed by atoms with Gasteiger partial charge in [-0.05, 0) is 45.4 Å². The highest BCUT2D eigenvalue weighted by Crippen LogP contribution is 2.49. The van der Waals surface area contributed by atoms with Crippen molar-refractivity contribution >= 4 is 40.1 Å². The van der Waals surface area contributed by atoms with Gasteiger partial charge < -0.3 is 14.2 Å². The molecule has 10 heteroatoms. The second kappa shape index (κ2) is 7.47. The lowest BCUT2D eigenvalue weighted by atomic mass is 9.80. The van der Waals surface area contributed by atoms with E-state index in [0.717, 1.165) is 0 Å². The molecule has 2 aromatic heterocycles. The highest BCUT2D eigenvalue weighted by Gasteiger charge is 2.57. The van der Waals surface area contributed by atoms with Crippen molar-refractivity contribution < 1.29 is 24.1 Å². The van der Waals surface area contributed by atoms with Gasteiger partial charge in [0.15, 0.2) is 10.5 Å². The van der Waals surface area contributed by atoms with Crippen LogP contribution in [0.5, 0.6) is 0 Å². The fourth-order valence-electron chi connectivity index (χ4n) is 4.59. The average Bonchev–Trinajstić information content (AvgIpc) is 3.46. The minimum atomic E-state index is -1.53. The number of carbonyl (C=O) groups excluding carboxylic acids is 2. The number of benzene rings is 1. The third-order valence-electron chi connectivity index (χ3n) is 6.01. The van der Waals surface area contributed by atoms with Crippen LogP contribution in [0.2, 0.25) is 0 Å². The number of rotatable bonds is 2. The normalized spacial score (nSPS) is 21.2. The Balaban J connectivity index is 1.58. The molecule has 1 N–H and O–H groups in total. The number of amides is 2. The van der Waals surface area contributed by atoms with E-state index in [0.29, 0.717) is 39.5 Å². The molecule has 4 heterocycles. The van der Waals surface area contributed by atoms with Gasteiger partial charge in [-0.1, -0.05) is 18.2 Å². The molecular weight excluding hydrogens is 444 g/mol. The highest BCUT2D eigenvalue weighted by atomic mass is 32.2. The van der Waals surface area contributed by atoms with Crippen LogP contribution in [0.3, 0.4) is 0 Å². The molecule has 1 spiro atoms. The van der Waals surface area contributed by atoms with E-state index < -0.39 is 34.4 Å². The molecule has 9 nitrogen and oxygen atoms in total. The third-order valence-corrected chi connectivity index (χ3v) is 7.34. The van der Waals surface area contributed by atoms with Crippen molar-refractivity contribution in [2.45, 2.75) is 43.1 Å². The van der Waals surface area contributed by atoms with Crippen molar-refractivity contribution in [2.75, 3.05) is 18.2 Å². The number of aromatic nitrogens is 2. The van der Waals surface area contributed by atoms with Gasteiger partial charge in [0, 0.05) is 24.0 Å². The predicted octanol–water partition coefficient (Wildman–Crippen LogP) is 3.22. The number of hydroxylamine groups is 1. The average molecular weight is 469 g/mol. The zero-order chi connectivity index (χ0) is 23.5. The second-order valence-corrected chi connectivity index (χ2v) is 10.7. The monoisotopic (exact) mass is 468 g/mol. The fraction of sp³-hybridized carbons (Fsp3) is 0.348. The summed E-state index contributed by atoms with van der Waals surface area (Å²) < 4.78 is 20.2. The minimum absolute atomic E-state index is 0.0802. The summed E-state index contributed by atoms with van der Waals surface area (Å²) in [5.74, 6) is -0.505. The molecule has 0 saturated carbocycles. The molecule has 0 radical (unpaired) electrons. The first-order chi connectivity index (χ1) is 15.6. The van der Waals surface area contributed by atoms with E-state index in [1.54, 1.807) is 49.1 Å². The van der Waals surface area contributed by atoms with Gasteiger partial charge in [-0.25, -0.2) is 9.78 Å². The van der Waals surface area contributed by atoms with E-state index in [9.17, 15) is 19.3 Å². The summed E-state index contributed by atoms with van der Waals surface area (Å²) in [6.07, 6.45) is 2.92. The lowest BCUT2D eigenvalue weighted by Crippen LogP contribution is -2.43. The summed E-state index contributed by atoms with van der Waals surface area (Å²) >= 11 is -1.53. The SMILES string of the molecule is CC(C)(C)OC(=O)N1CCC2(C1)C(=O)N(O)c1cnc3c(ccn3[S+]([O-])c3ccccc3)c12. The number of hydrogen-bond donors (Lipinski definition) is 1. The van der Waals surface area contributed by atoms with Crippen molar-refractivity contribution in [3.05, 3.63) is 54.4 Å². The summed E-state index contributed by atoms with van der Waals surface area (Å²) in [4.78, 5) is 32.4. The molecule has 2 atom stereocenters. The predicted molar refractivity (Wildman–Crippen MR) is 121 cm³/mol. The highest BCUT2D eigenvalue weighted by molar-refractivity contribution is 7.90. The Morgan fingerprint density at radius 1 is 1.24 bits per heavy atom.